The van der Waals surface area contributed by atoms with E-state index in [2.05, 4.69) is 4.98 Å². The van der Waals surface area contributed by atoms with Gasteiger partial charge in [-0.3, -0.25) is 14.6 Å². The van der Waals surface area contributed by atoms with Gasteiger partial charge in [0.15, 0.2) is 0 Å². The SMILES string of the molecule is CC(C)(O)[C@H]1CCCN1C(=O)[C@H]1CCCN(C(=O)c2ccncc2)C1. The molecular weight excluding hydrogens is 318 g/mol. The maximum Gasteiger partial charge on any atom is 0.253 e. The highest BCUT2D eigenvalue weighted by Crippen LogP contribution is 2.30. The summed E-state index contributed by atoms with van der Waals surface area (Å²) in [4.78, 5) is 33.2. The van der Waals surface area contributed by atoms with E-state index < -0.39 is 5.60 Å². The zero-order valence-corrected chi connectivity index (χ0v) is 15.0. The van der Waals surface area contributed by atoms with E-state index in [0.717, 1.165) is 25.7 Å². The normalized spacial score (nSPS) is 24.4. The predicted molar refractivity (Wildman–Crippen MR) is 93.9 cm³/mol. The molecule has 3 rings (SSSR count). The van der Waals surface area contributed by atoms with Crippen molar-refractivity contribution < 1.29 is 14.7 Å². The van der Waals surface area contributed by atoms with Crippen molar-refractivity contribution in [3.05, 3.63) is 30.1 Å². The minimum atomic E-state index is -0.895. The molecule has 0 radical (unpaired) electrons. The Morgan fingerprint density at radius 3 is 2.52 bits per heavy atom. The largest absolute Gasteiger partial charge is 0.388 e. The van der Waals surface area contributed by atoms with Crippen LogP contribution in [0.4, 0.5) is 0 Å². The van der Waals surface area contributed by atoms with Crippen molar-refractivity contribution in [3.63, 3.8) is 0 Å². The lowest BCUT2D eigenvalue weighted by Crippen LogP contribution is -2.52. The van der Waals surface area contributed by atoms with Crippen LogP contribution in [0, 0.1) is 5.92 Å². The molecule has 0 saturated carbocycles. The van der Waals surface area contributed by atoms with Gasteiger partial charge in [0, 0.05) is 37.6 Å². The molecule has 1 N–H and O–H groups in total. The van der Waals surface area contributed by atoms with Crippen molar-refractivity contribution in [2.24, 2.45) is 5.92 Å². The molecule has 136 valence electrons. The molecular formula is C19H27N3O3. The van der Waals surface area contributed by atoms with Crippen LogP contribution in [0.5, 0.6) is 0 Å². The van der Waals surface area contributed by atoms with E-state index in [9.17, 15) is 14.7 Å². The summed E-state index contributed by atoms with van der Waals surface area (Å²) in [6.07, 6.45) is 6.60. The number of piperidine rings is 1. The first kappa shape index (κ1) is 17.9. The topological polar surface area (TPSA) is 73.7 Å². The lowest BCUT2D eigenvalue weighted by atomic mass is 9.92. The smallest absolute Gasteiger partial charge is 0.253 e. The summed E-state index contributed by atoms with van der Waals surface area (Å²) >= 11 is 0. The molecule has 25 heavy (non-hydrogen) atoms. The van der Waals surface area contributed by atoms with Gasteiger partial charge in [-0.2, -0.15) is 0 Å². The van der Waals surface area contributed by atoms with Gasteiger partial charge < -0.3 is 14.9 Å². The molecule has 2 amide bonds. The molecule has 2 fully saturated rings. The van der Waals surface area contributed by atoms with Crippen molar-refractivity contribution >= 4 is 11.8 Å². The Hall–Kier alpha value is -1.95. The van der Waals surface area contributed by atoms with Crippen molar-refractivity contribution in [1.29, 1.82) is 0 Å². The van der Waals surface area contributed by atoms with E-state index in [0.29, 0.717) is 25.2 Å². The van der Waals surface area contributed by atoms with Crippen LogP contribution in [-0.4, -0.2) is 63.0 Å². The van der Waals surface area contributed by atoms with E-state index in [1.54, 1.807) is 43.3 Å². The Morgan fingerprint density at radius 2 is 1.84 bits per heavy atom. The molecule has 0 spiro atoms. The fraction of sp³-hybridized carbons (Fsp3) is 0.632. The third kappa shape index (κ3) is 3.84. The second-order valence-corrected chi connectivity index (χ2v) is 7.67. The molecule has 0 bridgehead atoms. The number of nitrogens with zero attached hydrogens (tertiary/aromatic N) is 3. The predicted octanol–water partition coefficient (Wildman–Crippen LogP) is 1.70. The number of hydrogen-bond donors (Lipinski definition) is 1. The third-order valence-electron chi connectivity index (χ3n) is 5.34. The maximum atomic E-state index is 13.0. The number of hydrogen-bond acceptors (Lipinski definition) is 4. The summed E-state index contributed by atoms with van der Waals surface area (Å²) in [5, 5.41) is 10.4. The van der Waals surface area contributed by atoms with E-state index >= 15 is 0 Å². The first-order chi connectivity index (χ1) is 11.9. The van der Waals surface area contributed by atoms with Crippen molar-refractivity contribution in [1.82, 2.24) is 14.8 Å². The second kappa shape index (κ2) is 7.12. The first-order valence-corrected chi connectivity index (χ1v) is 9.10. The van der Waals surface area contributed by atoms with Gasteiger partial charge in [-0.05, 0) is 51.7 Å². The molecule has 6 heteroatoms. The zero-order valence-electron chi connectivity index (χ0n) is 15.0. The zero-order chi connectivity index (χ0) is 18.0. The summed E-state index contributed by atoms with van der Waals surface area (Å²) in [6, 6.07) is 3.28. The van der Waals surface area contributed by atoms with Gasteiger partial charge in [0.25, 0.3) is 5.91 Å². The number of pyridine rings is 1. The molecule has 6 nitrogen and oxygen atoms in total. The molecule has 1 aromatic heterocycles. The summed E-state index contributed by atoms with van der Waals surface area (Å²) in [5.74, 6) is -0.139. The Morgan fingerprint density at radius 1 is 1.16 bits per heavy atom. The Balaban J connectivity index is 1.69. The van der Waals surface area contributed by atoms with E-state index in [1.807, 2.05) is 4.90 Å². The molecule has 1 aromatic rings. The standard InChI is InChI=1S/C19H27N3O3/c1-19(2,25)16-6-4-12-22(16)18(24)15-5-3-11-21(13-15)17(23)14-7-9-20-10-8-14/h7-10,15-16,25H,3-6,11-13H2,1-2H3/t15-,16+/m0/s1. The summed E-state index contributed by atoms with van der Waals surface area (Å²) in [7, 11) is 0. The molecule has 0 unspecified atom stereocenters. The minimum absolute atomic E-state index is 0.0413. The highest BCUT2D eigenvalue weighted by atomic mass is 16.3. The van der Waals surface area contributed by atoms with E-state index in [-0.39, 0.29) is 23.8 Å². The minimum Gasteiger partial charge on any atom is -0.388 e. The van der Waals surface area contributed by atoms with Gasteiger partial charge >= 0.3 is 0 Å². The highest BCUT2D eigenvalue weighted by molar-refractivity contribution is 5.94. The Bertz CT molecular complexity index is 627. The van der Waals surface area contributed by atoms with Gasteiger partial charge in [-0.15, -0.1) is 0 Å². The molecule has 2 aliphatic heterocycles. The number of carbonyl (C=O) groups excluding carboxylic acids is 2. The summed E-state index contributed by atoms with van der Waals surface area (Å²) in [6.45, 7) is 5.37. The fourth-order valence-electron chi connectivity index (χ4n) is 4.04. The monoisotopic (exact) mass is 345 g/mol. The van der Waals surface area contributed by atoms with Crippen LogP contribution in [0.2, 0.25) is 0 Å². The van der Waals surface area contributed by atoms with Crippen LogP contribution in [0.3, 0.4) is 0 Å². The van der Waals surface area contributed by atoms with Crippen molar-refractivity contribution in [2.45, 2.75) is 51.2 Å². The average Bonchev–Trinajstić information content (AvgIpc) is 3.11. The van der Waals surface area contributed by atoms with Crippen LogP contribution < -0.4 is 0 Å². The van der Waals surface area contributed by atoms with Crippen molar-refractivity contribution in [2.75, 3.05) is 19.6 Å². The highest BCUT2D eigenvalue weighted by Gasteiger charge is 2.41. The van der Waals surface area contributed by atoms with Crippen LogP contribution in [0.25, 0.3) is 0 Å². The first-order valence-electron chi connectivity index (χ1n) is 9.10. The van der Waals surface area contributed by atoms with Crippen LogP contribution in [0.1, 0.15) is 49.9 Å². The van der Waals surface area contributed by atoms with E-state index in [1.165, 1.54) is 0 Å². The summed E-state index contributed by atoms with van der Waals surface area (Å²) in [5.41, 5.74) is -0.286. The molecule has 0 aromatic carbocycles. The van der Waals surface area contributed by atoms with Crippen LogP contribution in [-0.2, 0) is 4.79 Å². The van der Waals surface area contributed by atoms with Crippen LogP contribution >= 0.6 is 0 Å². The molecule has 2 saturated heterocycles. The lowest BCUT2D eigenvalue weighted by Gasteiger charge is -2.38. The lowest BCUT2D eigenvalue weighted by molar-refractivity contribution is -0.142. The number of aliphatic hydroxyl groups is 1. The van der Waals surface area contributed by atoms with Crippen molar-refractivity contribution in [3.8, 4) is 0 Å². The Labute approximate surface area is 148 Å². The second-order valence-electron chi connectivity index (χ2n) is 7.67. The molecule has 2 aliphatic rings. The van der Waals surface area contributed by atoms with Gasteiger partial charge in [0.1, 0.15) is 0 Å². The fourth-order valence-corrected chi connectivity index (χ4v) is 4.04. The quantitative estimate of drug-likeness (QED) is 0.905. The number of amides is 2. The van der Waals surface area contributed by atoms with Gasteiger partial charge in [-0.1, -0.05) is 0 Å². The molecule has 2 atom stereocenters. The maximum absolute atomic E-state index is 13.0. The third-order valence-corrected chi connectivity index (χ3v) is 5.34. The number of aromatic nitrogens is 1. The molecule has 0 aliphatic carbocycles. The van der Waals surface area contributed by atoms with Gasteiger partial charge in [0.05, 0.1) is 17.6 Å². The van der Waals surface area contributed by atoms with E-state index in [4.69, 9.17) is 0 Å². The number of rotatable bonds is 3. The number of likely N-dealkylation sites (tertiary alicyclic amines) is 2. The van der Waals surface area contributed by atoms with Gasteiger partial charge in [-0.25, -0.2) is 0 Å². The van der Waals surface area contributed by atoms with Gasteiger partial charge in [0.2, 0.25) is 5.91 Å². The molecule has 3 heterocycles. The summed E-state index contributed by atoms with van der Waals surface area (Å²) < 4.78 is 0. The Kier molecular flexibility index (Phi) is 5.08. The number of carbonyl (C=O) groups is 2. The van der Waals surface area contributed by atoms with Crippen LogP contribution in [0.15, 0.2) is 24.5 Å². The average molecular weight is 345 g/mol.